The summed E-state index contributed by atoms with van der Waals surface area (Å²) >= 11 is 1.75. The van der Waals surface area contributed by atoms with Crippen molar-refractivity contribution >= 4 is 34.7 Å². The van der Waals surface area contributed by atoms with E-state index in [2.05, 4.69) is 17.6 Å². The van der Waals surface area contributed by atoms with Gasteiger partial charge in [0.2, 0.25) is 5.91 Å². The van der Waals surface area contributed by atoms with Crippen LogP contribution in [0.15, 0.2) is 12.1 Å². The summed E-state index contributed by atoms with van der Waals surface area (Å²) in [7, 11) is 0. The van der Waals surface area contributed by atoms with Gasteiger partial charge in [0.15, 0.2) is 0 Å². The first-order valence-electron chi connectivity index (χ1n) is 6.85. The van der Waals surface area contributed by atoms with Gasteiger partial charge in [-0.25, -0.2) is 0 Å². The lowest BCUT2D eigenvalue weighted by Crippen LogP contribution is -2.20. The Bertz CT molecular complexity index is 563. The number of amides is 1. The molecule has 1 heterocycles. The van der Waals surface area contributed by atoms with Gasteiger partial charge in [0.05, 0.1) is 4.92 Å². The predicted octanol–water partition coefficient (Wildman–Crippen LogP) is 2.89. The quantitative estimate of drug-likeness (QED) is 0.623. The number of nitro groups is 1. The fourth-order valence-electron chi connectivity index (χ4n) is 2.34. The van der Waals surface area contributed by atoms with Crippen LogP contribution in [0.25, 0.3) is 0 Å². The Kier molecular flexibility index (Phi) is 5.06. The first-order chi connectivity index (χ1) is 10.0. The highest BCUT2D eigenvalue weighted by Crippen LogP contribution is 2.34. The second-order valence-electron chi connectivity index (χ2n) is 5.27. The second-order valence-corrected chi connectivity index (χ2v) is 6.18. The number of anilines is 2. The zero-order chi connectivity index (χ0) is 15.4. The number of carbonyl (C=O) groups excluding carboxylic acids is 1. The summed E-state index contributed by atoms with van der Waals surface area (Å²) in [6, 6.07) is 3.24. The fourth-order valence-corrected chi connectivity index (χ4v) is 3.02. The van der Waals surface area contributed by atoms with Crippen LogP contribution >= 0.6 is 11.8 Å². The molecule has 0 spiro atoms. The maximum atomic E-state index is 11.4. The molecule has 21 heavy (non-hydrogen) atoms. The second kappa shape index (κ2) is 6.80. The van der Waals surface area contributed by atoms with E-state index in [1.165, 1.54) is 0 Å². The van der Waals surface area contributed by atoms with Crippen LogP contribution in [0.3, 0.4) is 0 Å². The molecule has 0 radical (unpaired) electrons. The van der Waals surface area contributed by atoms with Crippen molar-refractivity contribution in [2.24, 2.45) is 5.92 Å². The SMILES string of the molecule is CSCC(C)CNc1cc2c(cc1[N+](=O)[O-])CCC(=O)N2. The summed E-state index contributed by atoms with van der Waals surface area (Å²) in [5.74, 6) is 1.35. The molecule has 114 valence electrons. The van der Waals surface area contributed by atoms with Gasteiger partial charge in [0.25, 0.3) is 5.69 Å². The number of nitro benzene ring substituents is 1. The lowest BCUT2D eigenvalue weighted by Gasteiger charge is -2.19. The summed E-state index contributed by atoms with van der Waals surface area (Å²) in [5, 5.41) is 17.1. The van der Waals surface area contributed by atoms with Gasteiger partial charge in [-0.05, 0) is 36.0 Å². The van der Waals surface area contributed by atoms with Crippen molar-refractivity contribution in [2.45, 2.75) is 19.8 Å². The number of nitrogens with one attached hydrogen (secondary N) is 2. The van der Waals surface area contributed by atoms with Crippen molar-refractivity contribution in [3.05, 3.63) is 27.8 Å². The number of thioether (sulfide) groups is 1. The van der Waals surface area contributed by atoms with Gasteiger partial charge in [-0.1, -0.05) is 6.92 Å². The van der Waals surface area contributed by atoms with Gasteiger partial charge in [-0.15, -0.1) is 0 Å². The molecule has 0 saturated carbocycles. The van der Waals surface area contributed by atoms with Crippen LogP contribution in [0.1, 0.15) is 18.9 Å². The smallest absolute Gasteiger partial charge is 0.292 e. The van der Waals surface area contributed by atoms with Gasteiger partial charge in [0.1, 0.15) is 5.69 Å². The largest absolute Gasteiger partial charge is 0.379 e. The van der Waals surface area contributed by atoms with Crippen molar-refractivity contribution in [2.75, 3.05) is 29.2 Å². The summed E-state index contributed by atoms with van der Waals surface area (Å²) in [5.41, 5.74) is 2.04. The Morgan fingerprint density at radius 2 is 2.24 bits per heavy atom. The molecule has 0 saturated heterocycles. The number of nitrogens with zero attached hydrogens (tertiary/aromatic N) is 1. The van der Waals surface area contributed by atoms with Crippen molar-refractivity contribution in [3.63, 3.8) is 0 Å². The third-order valence-electron chi connectivity index (χ3n) is 3.41. The number of carbonyl (C=O) groups is 1. The predicted molar refractivity (Wildman–Crippen MR) is 86.1 cm³/mol. The van der Waals surface area contributed by atoms with E-state index >= 15 is 0 Å². The number of hydrogen-bond donors (Lipinski definition) is 2. The Morgan fingerprint density at radius 3 is 2.90 bits per heavy atom. The molecule has 0 aromatic heterocycles. The number of rotatable bonds is 6. The third-order valence-corrected chi connectivity index (χ3v) is 4.31. The molecular weight excluding hydrogens is 290 g/mol. The van der Waals surface area contributed by atoms with E-state index in [0.717, 1.165) is 11.3 Å². The molecule has 1 unspecified atom stereocenters. The maximum Gasteiger partial charge on any atom is 0.292 e. The van der Waals surface area contributed by atoms with Crippen LogP contribution in [-0.4, -0.2) is 29.4 Å². The lowest BCUT2D eigenvalue weighted by molar-refractivity contribution is -0.384. The van der Waals surface area contributed by atoms with Gasteiger partial charge < -0.3 is 10.6 Å². The first kappa shape index (κ1) is 15.6. The van der Waals surface area contributed by atoms with E-state index in [-0.39, 0.29) is 16.5 Å². The van der Waals surface area contributed by atoms with Crippen molar-refractivity contribution in [1.82, 2.24) is 0 Å². The topological polar surface area (TPSA) is 84.3 Å². The van der Waals surface area contributed by atoms with Crippen LogP contribution in [0, 0.1) is 16.0 Å². The molecule has 0 bridgehead atoms. The number of fused-ring (bicyclic) bond motifs is 1. The van der Waals surface area contributed by atoms with E-state index in [9.17, 15) is 14.9 Å². The first-order valence-corrected chi connectivity index (χ1v) is 8.24. The minimum absolute atomic E-state index is 0.0435. The third kappa shape index (κ3) is 3.87. The fraction of sp³-hybridized carbons (Fsp3) is 0.500. The van der Waals surface area contributed by atoms with Crippen LogP contribution in [0.4, 0.5) is 17.1 Å². The summed E-state index contributed by atoms with van der Waals surface area (Å²) in [6.45, 7) is 2.75. The number of aryl methyl sites for hydroxylation is 1. The Balaban J connectivity index is 2.23. The Morgan fingerprint density at radius 1 is 1.48 bits per heavy atom. The average Bonchev–Trinajstić information content (AvgIpc) is 2.44. The zero-order valence-corrected chi connectivity index (χ0v) is 13.0. The highest BCUT2D eigenvalue weighted by molar-refractivity contribution is 7.98. The minimum atomic E-state index is -0.377. The normalized spacial score (nSPS) is 15.0. The van der Waals surface area contributed by atoms with E-state index in [1.54, 1.807) is 23.9 Å². The maximum absolute atomic E-state index is 11.4. The minimum Gasteiger partial charge on any atom is -0.379 e. The van der Waals surface area contributed by atoms with Crippen LogP contribution in [0.5, 0.6) is 0 Å². The lowest BCUT2D eigenvalue weighted by atomic mass is 10.0. The van der Waals surface area contributed by atoms with Crippen LogP contribution in [-0.2, 0) is 11.2 Å². The molecule has 7 heteroatoms. The van der Waals surface area contributed by atoms with Gasteiger partial charge in [0, 0.05) is 24.7 Å². The molecule has 1 aromatic rings. The Labute approximate surface area is 127 Å². The molecule has 1 aliphatic rings. The molecular formula is C14H19N3O3S. The summed E-state index contributed by atoms with van der Waals surface area (Å²) in [4.78, 5) is 22.3. The molecule has 6 nitrogen and oxygen atoms in total. The van der Waals surface area contributed by atoms with E-state index < -0.39 is 0 Å². The molecule has 1 aliphatic heterocycles. The van der Waals surface area contributed by atoms with E-state index in [4.69, 9.17) is 0 Å². The highest BCUT2D eigenvalue weighted by atomic mass is 32.2. The van der Waals surface area contributed by atoms with Gasteiger partial charge in [-0.3, -0.25) is 14.9 Å². The average molecular weight is 309 g/mol. The number of hydrogen-bond acceptors (Lipinski definition) is 5. The van der Waals surface area contributed by atoms with Crippen molar-refractivity contribution in [1.29, 1.82) is 0 Å². The molecule has 2 rings (SSSR count). The van der Waals surface area contributed by atoms with Crippen LogP contribution < -0.4 is 10.6 Å². The zero-order valence-electron chi connectivity index (χ0n) is 12.1. The Hall–Kier alpha value is -1.76. The summed E-state index contributed by atoms with van der Waals surface area (Å²) < 4.78 is 0. The van der Waals surface area contributed by atoms with Crippen molar-refractivity contribution in [3.8, 4) is 0 Å². The molecule has 2 N–H and O–H groups in total. The number of benzene rings is 1. The molecule has 1 aromatic carbocycles. The molecule has 1 amide bonds. The highest BCUT2D eigenvalue weighted by Gasteiger charge is 2.22. The van der Waals surface area contributed by atoms with Gasteiger partial charge >= 0.3 is 0 Å². The van der Waals surface area contributed by atoms with E-state index in [0.29, 0.717) is 36.7 Å². The summed E-state index contributed by atoms with van der Waals surface area (Å²) in [6.07, 6.45) is 2.96. The van der Waals surface area contributed by atoms with Crippen molar-refractivity contribution < 1.29 is 9.72 Å². The molecule has 1 atom stereocenters. The van der Waals surface area contributed by atoms with Gasteiger partial charge in [-0.2, -0.15) is 11.8 Å². The standard InChI is InChI=1S/C14H19N3O3S/c1-9(8-21-2)7-15-12-6-11-10(3-4-14(18)16-11)5-13(12)17(19)20/h5-6,9,15H,3-4,7-8H2,1-2H3,(H,16,18). The monoisotopic (exact) mass is 309 g/mol. The molecule has 0 fully saturated rings. The van der Waals surface area contributed by atoms with Crippen LogP contribution in [0.2, 0.25) is 0 Å². The van der Waals surface area contributed by atoms with E-state index in [1.807, 2.05) is 6.26 Å². The molecule has 0 aliphatic carbocycles.